The highest BCUT2D eigenvalue weighted by Crippen LogP contribution is 2.33. The number of aromatic amines is 1. The van der Waals surface area contributed by atoms with Crippen LogP contribution in [-0.4, -0.2) is 14.9 Å². The van der Waals surface area contributed by atoms with Crippen molar-refractivity contribution in [2.24, 2.45) is 0 Å². The molecule has 0 amide bonds. The molecule has 6 heteroatoms. The first-order chi connectivity index (χ1) is 10.2. The van der Waals surface area contributed by atoms with Crippen LogP contribution in [0.4, 0.5) is 17.1 Å². The Hall–Kier alpha value is -2.89. The van der Waals surface area contributed by atoms with Crippen molar-refractivity contribution in [3.05, 3.63) is 65.5 Å². The molecule has 1 aromatic carbocycles. The van der Waals surface area contributed by atoms with E-state index < -0.39 is 0 Å². The van der Waals surface area contributed by atoms with Crippen LogP contribution in [0, 0.1) is 17.0 Å². The molecule has 0 bridgehead atoms. The molecule has 2 N–H and O–H groups in total. The van der Waals surface area contributed by atoms with Gasteiger partial charge in [0.2, 0.25) is 0 Å². The van der Waals surface area contributed by atoms with Gasteiger partial charge in [-0.25, -0.2) is 0 Å². The van der Waals surface area contributed by atoms with Gasteiger partial charge in [-0.3, -0.25) is 15.1 Å². The summed E-state index contributed by atoms with van der Waals surface area (Å²) < 4.78 is 0. The maximum Gasteiger partial charge on any atom is 0.293 e. The summed E-state index contributed by atoms with van der Waals surface area (Å²) in [6.07, 6.45) is 3.92. The lowest BCUT2D eigenvalue weighted by Gasteiger charge is -2.07. The summed E-state index contributed by atoms with van der Waals surface area (Å²) in [4.78, 5) is 17.8. The van der Waals surface area contributed by atoms with Crippen molar-refractivity contribution in [3.63, 3.8) is 0 Å². The third-order valence-corrected chi connectivity index (χ3v) is 3.23. The molecule has 0 aliphatic heterocycles. The maximum absolute atomic E-state index is 11.1. The minimum atomic E-state index is -0.389. The molecule has 0 aliphatic carbocycles. The van der Waals surface area contributed by atoms with Crippen LogP contribution in [0.25, 0.3) is 10.9 Å². The van der Waals surface area contributed by atoms with E-state index in [9.17, 15) is 10.1 Å². The first kappa shape index (κ1) is 13.1. The predicted molar refractivity (Wildman–Crippen MR) is 81.5 cm³/mol. The molecule has 3 aromatic rings. The Morgan fingerprint density at radius 3 is 2.90 bits per heavy atom. The smallest absolute Gasteiger partial charge is 0.293 e. The van der Waals surface area contributed by atoms with E-state index in [1.54, 1.807) is 18.5 Å². The summed E-state index contributed by atoms with van der Waals surface area (Å²) in [7, 11) is 0. The first-order valence-corrected chi connectivity index (χ1v) is 6.44. The van der Waals surface area contributed by atoms with Crippen LogP contribution in [0.15, 0.2) is 42.7 Å². The summed E-state index contributed by atoms with van der Waals surface area (Å²) in [6, 6.07) is 8.78. The van der Waals surface area contributed by atoms with Crippen molar-refractivity contribution in [2.45, 2.75) is 6.42 Å². The van der Waals surface area contributed by atoms with Gasteiger partial charge < -0.3 is 10.3 Å². The quantitative estimate of drug-likeness (QED) is 0.565. The fourth-order valence-electron chi connectivity index (χ4n) is 2.25. The zero-order valence-electron chi connectivity index (χ0n) is 11.2. The fourth-order valence-corrected chi connectivity index (χ4v) is 2.25. The molecule has 2 heterocycles. The Morgan fingerprint density at radius 2 is 2.24 bits per heavy atom. The number of nitro groups is 1. The lowest BCUT2D eigenvalue weighted by atomic mass is 10.1. The molecule has 1 radical (unpaired) electrons. The minimum Gasteiger partial charge on any atom is -0.354 e. The van der Waals surface area contributed by atoms with E-state index in [0.717, 1.165) is 22.5 Å². The number of hydrogen-bond donors (Lipinski definition) is 2. The van der Waals surface area contributed by atoms with Crippen LogP contribution in [-0.2, 0) is 6.42 Å². The molecule has 2 aromatic heterocycles. The van der Waals surface area contributed by atoms with Crippen molar-refractivity contribution in [1.82, 2.24) is 9.97 Å². The fraction of sp³-hybridized carbons (Fsp3) is 0.0667. The second kappa shape index (κ2) is 5.24. The number of fused-ring (bicyclic) bond motifs is 1. The Balaban J connectivity index is 2.13. The topological polar surface area (TPSA) is 83.8 Å². The minimum absolute atomic E-state index is 0.0569. The number of rotatable bonds is 4. The number of benzene rings is 1. The van der Waals surface area contributed by atoms with E-state index in [-0.39, 0.29) is 10.6 Å². The summed E-state index contributed by atoms with van der Waals surface area (Å²) in [5, 5.41) is 15.1. The highest BCUT2D eigenvalue weighted by molar-refractivity contribution is 5.99. The van der Waals surface area contributed by atoms with Crippen molar-refractivity contribution < 1.29 is 4.92 Å². The van der Waals surface area contributed by atoms with Gasteiger partial charge >= 0.3 is 0 Å². The number of nitro benzene ring substituents is 1. The molecule has 6 nitrogen and oxygen atoms in total. The molecule has 0 atom stereocenters. The predicted octanol–water partition coefficient (Wildman–Crippen LogP) is 3.59. The van der Waals surface area contributed by atoms with Gasteiger partial charge in [0.1, 0.15) is 5.52 Å². The molecule has 0 aliphatic rings. The second-order valence-corrected chi connectivity index (χ2v) is 4.59. The molecule has 105 valence electrons. The Labute approximate surface area is 121 Å². The third-order valence-electron chi connectivity index (χ3n) is 3.23. The van der Waals surface area contributed by atoms with E-state index in [4.69, 9.17) is 0 Å². The number of nitrogens with one attached hydrogen (secondary N) is 2. The average Bonchev–Trinajstić information content (AvgIpc) is 2.93. The van der Waals surface area contributed by atoms with Gasteiger partial charge in [0.05, 0.1) is 16.8 Å². The van der Waals surface area contributed by atoms with Gasteiger partial charge in [0.15, 0.2) is 0 Å². The number of pyridine rings is 1. The number of nitrogens with zero attached hydrogens (tertiary/aromatic N) is 2. The largest absolute Gasteiger partial charge is 0.354 e. The summed E-state index contributed by atoms with van der Waals surface area (Å²) in [6.45, 7) is 3.81. The van der Waals surface area contributed by atoms with Gasteiger partial charge in [0.25, 0.3) is 5.69 Å². The zero-order chi connectivity index (χ0) is 14.8. The third kappa shape index (κ3) is 2.43. The summed E-state index contributed by atoms with van der Waals surface area (Å²) in [5.41, 5.74) is 3.03. The van der Waals surface area contributed by atoms with Crippen molar-refractivity contribution in [1.29, 1.82) is 0 Å². The van der Waals surface area contributed by atoms with Crippen molar-refractivity contribution in [2.75, 3.05) is 5.32 Å². The van der Waals surface area contributed by atoms with Crippen LogP contribution in [0.3, 0.4) is 0 Å². The highest BCUT2D eigenvalue weighted by Gasteiger charge is 2.17. The normalized spacial score (nSPS) is 10.7. The Bertz CT molecular complexity index is 796. The SMILES string of the molecule is [CH2]Cc1cc2c(Nc3cccnc3)ccc([N+](=O)[O-])c2[nH]1. The van der Waals surface area contributed by atoms with Crippen LogP contribution in [0.2, 0.25) is 0 Å². The summed E-state index contributed by atoms with van der Waals surface area (Å²) in [5.74, 6) is 0. The number of hydrogen-bond acceptors (Lipinski definition) is 4. The van der Waals surface area contributed by atoms with Gasteiger partial charge in [-0.1, -0.05) is 0 Å². The van der Waals surface area contributed by atoms with E-state index in [1.807, 2.05) is 18.2 Å². The molecule has 0 saturated carbocycles. The Morgan fingerprint density at radius 1 is 1.38 bits per heavy atom. The Kier molecular flexibility index (Phi) is 3.27. The van der Waals surface area contributed by atoms with Crippen molar-refractivity contribution in [3.8, 4) is 0 Å². The van der Waals surface area contributed by atoms with E-state index in [2.05, 4.69) is 22.2 Å². The van der Waals surface area contributed by atoms with Crippen LogP contribution >= 0.6 is 0 Å². The van der Waals surface area contributed by atoms with Gasteiger partial charge in [-0.2, -0.15) is 0 Å². The second-order valence-electron chi connectivity index (χ2n) is 4.59. The van der Waals surface area contributed by atoms with Crippen LogP contribution in [0.1, 0.15) is 5.69 Å². The van der Waals surface area contributed by atoms with Crippen LogP contribution in [0.5, 0.6) is 0 Å². The van der Waals surface area contributed by atoms with Gasteiger partial charge in [-0.15, -0.1) is 0 Å². The standard InChI is InChI=1S/C15H13N4O2/c1-2-10-8-12-13(17-11-4-3-7-16-9-11)5-6-14(19(20)21)15(12)18-10/h3-9,17-18H,1-2H2. The highest BCUT2D eigenvalue weighted by atomic mass is 16.6. The van der Waals surface area contributed by atoms with E-state index >= 15 is 0 Å². The summed E-state index contributed by atoms with van der Waals surface area (Å²) >= 11 is 0. The lowest BCUT2D eigenvalue weighted by molar-refractivity contribution is -0.383. The van der Waals surface area contributed by atoms with Gasteiger partial charge in [0, 0.05) is 29.0 Å². The monoisotopic (exact) mass is 281 g/mol. The molecule has 3 rings (SSSR count). The molecule has 0 fully saturated rings. The van der Waals surface area contributed by atoms with E-state index in [0.29, 0.717) is 11.9 Å². The molecule has 0 saturated heterocycles. The van der Waals surface area contributed by atoms with Gasteiger partial charge in [-0.05, 0) is 37.6 Å². The number of anilines is 2. The molecule has 21 heavy (non-hydrogen) atoms. The average molecular weight is 281 g/mol. The van der Waals surface area contributed by atoms with Crippen LogP contribution < -0.4 is 5.32 Å². The lowest BCUT2D eigenvalue weighted by Crippen LogP contribution is -1.94. The molecular weight excluding hydrogens is 268 g/mol. The number of H-pyrrole nitrogens is 1. The zero-order valence-corrected chi connectivity index (χ0v) is 11.2. The van der Waals surface area contributed by atoms with Crippen molar-refractivity contribution >= 4 is 28.0 Å². The molecule has 0 spiro atoms. The van der Waals surface area contributed by atoms with E-state index in [1.165, 1.54) is 6.07 Å². The maximum atomic E-state index is 11.1. The number of non-ortho nitro benzene ring substituents is 1. The molecule has 0 unspecified atom stereocenters. The molecular formula is C15H13N4O2. The first-order valence-electron chi connectivity index (χ1n) is 6.44. The number of aromatic nitrogens is 2.